The zero-order valence-electron chi connectivity index (χ0n) is 25.8. The third-order valence-corrected chi connectivity index (χ3v) is 8.12. The fraction of sp³-hybridized carbons (Fsp3) is 0.455. The maximum absolute atomic E-state index is 14.6. The molecule has 43 heavy (non-hydrogen) atoms. The maximum Gasteiger partial charge on any atom is 0.257 e. The lowest BCUT2D eigenvalue weighted by molar-refractivity contribution is -0.137. The first-order chi connectivity index (χ1) is 20.3. The van der Waals surface area contributed by atoms with Gasteiger partial charge in [0.1, 0.15) is 12.1 Å². The zero-order chi connectivity index (χ0) is 31.5. The van der Waals surface area contributed by atoms with Gasteiger partial charge in [0.2, 0.25) is 11.8 Å². The number of benzene rings is 1. The van der Waals surface area contributed by atoms with Crippen molar-refractivity contribution in [2.24, 2.45) is 5.92 Å². The summed E-state index contributed by atoms with van der Waals surface area (Å²) >= 11 is 0. The van der Waals surface area contributed by atoms with Crippen molar-refractivity contribution in [2.75, 3.05) is 18.6 Å². The van der Waals surface area contributed by atoms with E-state index in [0.717, 1.165) is 33.6 Å². The van der Waals surface area contributed by atoms with Crippen LogP contribution in [-0.4, -0.2) is 52.3 Å². The summed E-state index contributed by atoms with van der Waals surface area (Å²) in [5.74, 6) is -4.15. The monoisotopic (exact) mass is 593 g/mol. The Labute approximate surface area is 252 Å². The summed E-state index contributed by atoms with van der Waals surface area (Å²) in [6, 6.07) is 6.65. The number of nitrogens with one attached hydrogen (secondary N) is 1. The van der Waals surface area contributed by atoms with E-state index in [-0.39, 0.29) is 32.2 Å². The van der Waals surface area contributed by atoms with Crippen molar-refractivity contribution in [3.63, 3.8) is 0 Å². The van der Waals surface area contributed by atoms with Gasteiger partial charge in [0, 0.05) is 44.0 Å². The number of nitrogens with zero attached hydrogens (tertiary/aromatic N) is 4. The Morgan fingerprint density at radius 3 is 2.44 bits per heavy atom. The second-order valence-corrected chi connectivity index (χ2v) is 11.7. The molecule has 4 rings (SSSR count). The smallest absolute Gasteiger partial charge is 0.257 e. The van der Waals surface area contributed by atoms with Crippen molar-refractivity contribution >= 4 is 17.5 Å². The largest absolute Gasteiger partial charge is 0.371 e. The molecule has 2 aromatic heterocycles. The molecule has 1 fully saturated rings. The van der Waals surface area contributed by atoms with Gasteiger partial charge >= 0.3 is 0 Å². The molecule has 0 saturated heterocycles. The molecule has 0 spiro atoms. The van der Waals surface area contributed by atoms with Crippen LogP contribution in [0.5, 0.6) is 0 Å². The van der Waals surface area contributed by atoms with Gasteiger partial charge in [0.05, 0.1) is 23.8 Å². The quantitative estimate of drug-likeness (QED) is 0.287. The summed E-state index contributed by atoms with van der Waals surface area (Å²) in [6.07, 6.45) is 3.40. The Kier molecular flexibility index (Phi) is 9.79. The number of methoxy groups -OCH3 is 1. The van der Waals surface area contributed by atoms with Crippen molar-refractivity contribution in [1.29, 1.82) is 0 Å². The Morgan fingerprint density at radius 1 is 1.14 bits per heavy atom. The third kappa shape index (κ3) is 7.36. The minimum Gasteiger partial charge on any atom is -0.371 e. The summed E-state index contributed by atoms with van der Waals surface area (Å²) in [7, 11) is 1.40. The van der Waals surface area contributed by atoms with Crippen molar-refractivity contribution in [3.8, 4) is 5.69 Å². The first-order valence-electron chi connectivity index (χ1n) is 14.5. The molecule has 0 bridgehead atoms. The average molecular weight is 594 g/mol. The molecule has 1 saturated carbocycles. The fourth-order valence-corrected chi connectivity index (χ4v) is 5.60. The number of ether oxygens (including phenoxy) is 1. The van der Waals surface area contributed by atoms with E-state index in [4.69, 9.17) is 4.74 Å². The predicted octanol–water partition coefficient (Wildman–Crippen LogP) is 6.11. The molecule has 8 nitrogen and oxygen atoms in total. The van der Waals surface area contributed by atoms with E-state index in [0.29, 0.717) is 11.3 Å². The van der Waals surface area contributed by atoms with Crippen LogP contribution in [0.25, 0.3) is 5.69 Å². The highest BCUT2D eigenvalue weighted by molar-refractivity contribution is 6.03. The Balaban J connectivity index is 1.85. The average Bonchev–Trinajstić information content (AvgIpc) is 3.42. The molecule has 2 atom stereocenters. The number of rotatable bonds is 10. The number of hydrogen-bond donors (Lipinski definition) is 1. The van der Waals surface area contributed by atoms with Crippen LogP contribution in [0, 0.1) is 33.6 Å². The molecule has 1 aromatic carbocycles. The van der Waals surface area contributed by atoms with E-state index in [1.54, 1.807) is 24.0 Å². The van der Waals surface area contributed by atoms with E-state index in [2.05, 4.69) is 22.0 Å². The van der Waals surface area contributed by atoms with Crippen molar-refractivity contribution in [1.82, 2.24) is 20.1 Å². The number of aryl methyl sites for hydroxylation is 4. The molecule has 0 aliphatic heterocycles. The third-order valence-electron chi connectivity index (χ3n) is 8.12. The second-order valence-electron chi connectivity index (χ2n) is 11.7. The molecule has 1 aliphatic carbocycles. The number of halogens is 2. The molecule has 1 N–H and O–H groups in total. The van der Waals surface area contributed by atoms with E-state index >= 15 is 0 Å². The van der Waals surface area contributed by atoms with Crippen molar-refractivity contribution < 1.29 is 23.1 Å². The molecule has 230 valence electrons. The van der Waals surface area contributed by atoms with Crippen LogP contribution in [0.4, 0.5) is 14.5 Å². The van der Waals surface area contributed by atoms with E-state index < -0.39 is 35.8 Å². The van der Waals surface area contributed by atoms with Gasteiger partial charge in [-0.05, 0) is 70.6 Å². The van der Waals surface area contributed by atoms with E-state index in [9.17, 15) is 18.4 Å². The highest BCUT2D eigenvalue weighted by atomic mass is 19.3. The normalized spacial score (nSPS) is 16.4. The lowest BCUT2D eigenvalue weighted by Gasteiger charge is -2.37. The summed E-state index contributed by atoms with van der Waals surface area (Å²) < 4.78 is 35.5. The van der Waals surface area contributed by atoms with Crippen molar-refractivity contribution in [2.45, 2.75) is 78.4 Å². The Morgan fingerprint density at radius 2 is 1.84 bits per heavy atom. The van der Waals surface area contributed by atoms with Crippen LogP contribution in [0.15, 0.2) is 55.0 Å². The van der Waals surface area contributed by atoms with Gasteiger partial charge in [0.25, 0.3) is 5.91 Å². The lowest BCUT2D eigenvalue weighted by atomic mass is 9.82. The topological polar surface area (TPSA) is 89.3 Å². The fourth-order valence-electron chi connectivity index (χ4n) is 5.60. The van der Waals surface area contributed by atoms with Crippen LogP contribution >= 0.6 is 0 Å². The number of carbonyl (C=O) groups excluding carboxylic acids is 2. The minimum atomic E-state index is -2.76. The molecule has 3 aromatic rings. The van der Waals surface area contributed by atoms with Gasteiger partial charge in [-0.3, -0.25) is 19.5 Å². The van der Waals surface area contributed by atoms with Gasteiger partial charge in [-0.2, -0.15) is 5.10 Å². The molecule has 2 amide bonds. The van der Waals surface area contributed by atoms with Crippen LogP contribution < -0.4 is 10.2 Å². The van der Waals surface area contributed by atoms with Crippen LogP contribution in [0.3, 0.4) is 0 Å². The van der Waals surface area contributed by atoms with Crippen molar-refractivity contribution in [3.05, 3.63) is 83.0 Å². The number of carbonyl (C=O) groups is 2. The number of hydrogen-bond acceptors (Lipinski definition) is 5. The van der Waals surface area contributed by atoms with Gasteiger partial charge in [0.15, 0.2) is 0 Å². The molecule has 2 unspecified atom stereocenters. The molecular formula is C33H41F2N5O3. The molecule has 1 aliphatic rings. The van der Waals surface area contributed by atoms with Gasteiger partial charge in [-0.1, -0.05) is 35.9 Å². The molecule has 2 heterocycles. The highest BCUT2D eigenvalue weighted by Crippen LogP contribution is 2.40. The van der Waals surface area contributed by atoms with Gasteiger partial charge < -0.3 is 10.1 Å². The Hall–Kier alpha value is -3.92. The first-order valence-corrected chi connectivity index (χ1v) is 14.5. The molecule has 10 heteroatoms. The molecule has 0 radical (unpaired) electrons. The minimum absolute atomic E-state index is 0.130. The Bertz CT molecular complexity index is 1490. The number of pyridine rings is 1. The van der Waals surface area contributed by atoms with E-state index in [1.807, 2.05) is 52.0 Å². The van der Waals surface area contributed by atoms with Crippen LogP contribution in [0.2, 0.25) is 0 Å². The standard InChI is InChI=1S/C33H41F2N5O3/c1-20(2)16-37-31(41)29(26-15-22(4)24(6)36-17-26)40(32(42)30(43-7)25-10-12-33(34,35)13-11-25)27-18-38-39(19-27)28-9-8-21(3)14-23(28)5/h8-9,14-15,17-19,25,29-30H,1,10-13,16H2,2-7H3,(H,37,41). The zero-order valence-corrected chi connectivity index (χ0v) is 25.8. The summed E-state index contributed by atoms with van der Waals surface area (Å²) in [6.45, 7) is 13.6. The second kappa shape index (κ2) is 13.2. The van der Waals surface area contributed by atoms with E-state index in [1.165, 1.54) is 18.2 Å². The van der Waals surface area contributed by atoms with Gasteiger partial charge in [-0.15, -0.1) is 0 Å². The SMILES string of the molecule is C=C(C)CNC(=O)C(c1cnc(C)c(C)c1)N(C(=O)C(OC)C1CCC(F)(F)CC1)c1cnn(-c2ccc(C)cc2C)c1. The number of amides is 2. The summed E-state index contributed by atoms with van der Waals surface area (Å²) in [4.78, 5) is 34.4. The summed E-state index contributed by atoms with van der Waals surface area (Å²) in [5, 5.41) is 7.45. The maximum atomic E-state index is 14.6. The number of anilines is 1. The predicted molar refractivity (Wildman–Crippen MR) is 163 cm³/mol. The summed E-state index contributed by atoms with van der Waals surface area (Å²) in [5.41, 5.74) is 6.15. The van der Waals surface area contributed by atoms with Crippen LogP contribution in [-0.2, 0) is 14.3 Å². The van der Waals surface area contributed by atoms with Crippen LogP contribution in [0.1, 0.15) is 66.6 Å². The van der Waals surface area contributed by atoms with Gasteiger partial charge in [-0.25, -0.2) is 13.5 Å². The first kappa shape index (κ1) is 32.0. The lowest BCUT2D eigenvalue weighted by Crippen LogP contribution is -2.51. The number of alkyl halides is 2. The molecular weight excluding hydrogens is 552 g/mol. The highest BCUT2D eigenvalue weighted by Gasteiger charge is 2.44. The number of aromatic nitrogens is 3.